The highest BCUT2D eigenvalue weighted by molar-refractivity contribution is 7.17. The zero-order valence-electron chi connectivity index (χ0n) is 4.73. The summed E-state index contributed by atoms with van der Waals surface area (Å²) in [6, 6.07) is 0. The molecule has 0 aliphatic carbocycles. The molecule has 0 saturated heterocycles. The van der Waals surface area contributed by atoms with Gasteiger partial charge < -0.3 is 0 Å². The van der Waals surface area contributed by atoms with E-state index in [4.69, 9.17) is 0 Å². The summed E-state index contributed by atoms with van der Waals surface area (Å²) in [7, 11) is 2.77. The monoisotopic (exact) mass is 104 g/mol. The highest BCUT2D eigenvalue weighted by Gasteiger charge is 1.95. The first-order chi connectivity index (χ1) is 2.64. The van der Waals surface area contributed by atoms with Crippen LogP contribution in [0.25, 0.3) is 0 Å². The zero-order valence-corrected chi connectivity index (χ0v) is 5.89. The molecule has 1 heteroatoms. The topological polar surface area (TPSA) is 0 Å². The molecule has 0 N–H and O–H groups in total. The van der Waals surface area contributed by atoms with Crippen molar-refractivity contribution in [3.8, 4) is 0 Å². The van der Waals surface area contributed by atoms with Crippen molar-refractivity contribution in [2.45, 2.75) is 26.4 Å². The van der Waals surface area contributed by atoms with E-state index in [-0.39, 0.29) is 0 Å². The van der Waals surface area contributed by atoms with Crippen molar-refractivity contribution < 1.29 is 0 Å². The van der Waals surface area contributed by atoms with Crippen LogP contribution in [0.2, 0.25) is 0 Å². The summed E-state index contributed by atoms with van der Waals surface area (Å²) in [5, 5.41) is 0. The first-order valence-corrected chi connectivity index (χ1v) is 3.07. The highest BCUT2D eigenvalue weighted by atomic mass is 31.0. The van der Waals surface area contributed by atoms with Gasteiger partial charge in [0.1, 0.15) is 0 Å². The molecule has 0 bridgehead atoms. The van der Waals surface area contributed by atoms with Crippen LogP contribution >= 0.6 is 9.24 Å². The maximum Gasteiger partial charge on any atom is -0.0270 e. The van der Waals surface area contributed by atoms with Gasteiger partial charge in [0.2, 0.25) is 0 Å². The largest absolute Gasteiger partial charge is 0.134 e. The molecule has 0 radical (unpaired) electrons. The second-order valence-corrected chi connectivity index (χ2v) is 3.15. The third kappa shape index (κ3) is 2.66. The van der Waals surface area contributed by atoms with E-state index in [2.05, 4.69) is 30.0 Å². The Labute approximate surface area is 42.5 Å². The van der Waals surface area contributed by atoms with Gasteiger partial charge in [0.25, 0.3) is 0 Å². The van der Waals surface area contributed by atoms with E-state index < -0.39 is 0 Å². The number of hydrogen-bond acceptors (Lipinski definition) is 0. The smallest absolute Gasteiger partial charge is 0.0270 e. The molecule has 0 saturated carbocycles. The minimum Gasteiger partial charge on any atom is -0.134 e. The molecule has 6 heavy (non-hydrogen) atoms. The van der Waals surface area contributed by atoms with Crippen LogP contribution in [-0.2, 0) is 0 Å². The fourth-order valence-electron chi connectivity index (χ4n) is 0. The van der Waals surface area contributed by atoms with Crippen LogP contribution in [0, 0.1) is 5.92 Å². The van der Waals surface area contributed by atoms with Gasteiger partial charge in [-0.25, -0.2) is 0 Å². The van der Waals surface area contributed by atoms with Crippen LogP contribution in [0.4, 0.5) is 0 Å². The lowest BCUT2D eigenvalue weighted by Gasteiger charge is -2.05. The summed E-state index contributed by atoms with van der Waals surface area (Å²) in [6.45, 7) is 6.64. The molecular weight excluding hydrogens is 91.0 g/mol. The molecule has 0 fully saturated rings. The lowest BCUT2D eigenvalue weighted by Crippen LogP contribution is -1.98. The third-order valence-corrected chi connectivity index (χ3v) is 1.82. The first-order valence-electron chi connectivity index (χ1n) is 2.40. The van der Waals surface area contributed by atoms with E-state index in [0.717, 1.165) is 11.6 Å². The maximum atomic E-state index is 2.77. The molecule has 0 amide bonds. The normalized spacial score (nSPS) is 15.5. The van der Waals surface area contributed by atoms with Crippen molar-refractivity contribution >= 4 is 9.24 Å². The average molecular weight is 104 g/mol. The Balaban J connectivity index is 2.99. The van der Waals surface area contributed by atoms with Gasteiger partial charge in [-0.05, 0) is 11.6 Å². The molecule has 38 valence electrons. The second-order valence-electron chi connectivity index (χ2n) is 2.10. The minimum atomic E-state index is 0.769. The Morgan fingerprint density at radius 2 is 1.33 bits per heavy atom. The molecule has 0 aromatic carbocycles. The molecule has 0 rings (SSSR count). The molecule has 2 atom stereocenters. The summed E-state index contributed by atoms with van der Waals surface area (Å²) in [5.74, 6) is 0.815. The van der Waals surface area contributed by atoms with Gasteiger partial charge in [0.15, 0.2) is 0 Å². The van der Waals surface area contributed by atoms with Crippen molar-refractivity contribution in [2.24, 2.45) is 5.92 Å². The fourth-order valence-corrected chi connectivity index (χ4v) is 0. The van der Waals surface area contributed by atoms with Gasteiger partial charge in [0, 0.05) is 0 Å². The number of hydrogen-bond donors (Lipinski definition) is 0. The standard InChI is InChI=1S/C5H13P/c1-4(2)5(3)6/h4-5H,6H2,1-3H3. The van der Waals surface area contributed by atoms with Crippen molar-refractivity contribution in [1.82, 2.24) is 0 Å². The molecule has 0 aliphatic rings. The Hall–Kier alpha value is 0.430. The molecule has 0 nitrogen and oxygen atoms in total. The summed E-state index contributed by atoms with van der Waals surface area (Å²) in [5.41, 5.74) is 0.769. The van der Waals surface area contributed by atoms with Gasteiger partial charge in [-0.15, -0.1) is 9.24 Å². The number of rotatable bonds is 1. The maximum absolute atomic E-state index is 2.77. The molecular formula is C5H13P. The lowest BCUT2D eigenvalue weighted by molar-refractivity contribution is 0.642. The van der Waals surface area contributed by atoms with Gasteiger partial charge in [-0.3, -0.25) is 0 Å². The van der Waals surface area contributed by atoms with Crippen molar-refractivity contribution in [2.75, 3.05) is 0 Å². The van der Waals surface area contributed by atoms with E-state index >= 15 is 0 Å². The lowest BCUT2D eigenvalue weighted by atomic mass is 10.2. The summed E-state index contributed by atoms with van der Waals surface area (Å²) >= 11 is 0. The fraction of sp³-hybridized carbons (Fsp3) is 1.00. The molecule has 2 unspecified atom stereocenters. The van der Waals surface area contributed by atoms with Crippen LogP contribution in [-0.4, -0.2) is 5.66 Å². The van der Waals surface area contributed by atoms with Gasteiger partial charge in [0.05, 0.1) is 0 Å². The minimum absolute atomic E-state index is 0.769. The van der Waals surface area contributed by atoms with E-state index in [0.29, 0.717) is 0 Å². The summed E-state index contributed by atoms with van der Waals surface area (Å²) in [6.07, 6.45) is 0. The van der Waals surface area contributed by atoms with Crippen LogP contribution in [0.1, 0.15) is 20.8 Å². The van der Waals surface area contributed by atoms with Crippen LogP contribution in [0.15, 0.2) is 0 Å². The Kier molecular flexibility index (Phi) is 2.76. The van der Waals surface area contributed by atoms with E-state index in [1.165, 1.54) is 0 Å². The molecule has 0 spiro atoms. The molecule has 0 aromatic rings. The summed E-state index contributed by atoms with van der Waals surface area (Å²) in [4.78, 5) is 0. The Morgan fingerprint density at radius 3 is 1.33 bits per heavy atom. The third-order valence-electron chi connectivity index (χ3n) is 1.05. The van der Waals surface area contributed by atoms with Gasteiger partial charge in [-0.1, -0.05) is 20.8 Å². The van der Waals surface area contributed by atoms with Crippen molar-refractivity contribution in [3.05, 3.63) is 0 Å². The van der Waals surface area contributed by atoms with E-state index in [1.807, 2.05) is 0 Å². The Bertz CT molecular complexity index is 24.9. The highest BCUT2D eigenvalue weighted by Crippen LogP contribution is 2.08. The molecule has 0 aliphatic heterocycles. The van der Waals surface area contributed by atoms with Gasteiger partial charge in [-0.2, -0.15) is 0 Å². The van der Waals surface area contributed by atoms with Crippen LogP contribution in [0.5, 0.6) is 0 Å². The van der Waals surface area contributed by atoms with E-state index in [9.17, 15) is 0 Å². The quantitative estimate of drug-likeness (QED) is 0.446. The zero-order chi connectivity index (χ0) is 5.15. The van der Waals surface area contributed by atoms with E-state index in [1.54, 1.807) is 0 Å². The van der Waals surface area contributed by atoms with Crippen molar-refractivity contribution in [1.29, 1.82) is 0 Å². The predicted octanol–water partition coefficient (Wildman–Crippen LogP) is 1.91. The molecule has 0 heterocycles. The van der Waals surface area contributed by atoms with Crippen LogP contribution in [0.3, 0.4) is 0 Å². The average Bonchev–Trinajstić information content (AvgIpc) is 1.36. The van der Waals surface area contributed by atoms with Gasteiger partial charge >= 0.3 is 0 Å². The second kappa shape index (κ2) is 2.58. The molecule has 0 aromatic heterocycles. The van der Waals surface area contributed by atoms with Crippen LogP contribution < -0.4 is 0 Å². The predicted molar refractivity (Wildman–Crippen MR) is 34.0 cm³/mol. The SMILES string of the molecule is CC(C)C(C)P. The Morgan fingerprint density at radius 1 is 1.17 bits per heavy atom. The summed E-state index contributed by atoms with van der Waals surface area (Å²) < 4.78 is 0. The first kappa shape index (κ1) is 6.43. The van der Waals surface area contributed by atoms with Crippen molar-refractivity contribution in [3.63, 3.8) is 0 Å².